The van der Waals surface area contributed by atoms with Gasteiger partial charge in [0.15, 0.2) is 0 Å². The maximum Gasteiger partial charge on any atom is 0.148 e. The van der Waals surface area contributed by atoms with Crippen LogP contribution in [-0.4, -0.2) is 38.5 Å². The summed E-state index contributed by atoms with van der Waals surface area (Å²) in [5.41, 5.74) is 1.10. The molecule has 0 bridgehead atoms. The fourth-order valence-corrected chi connectivity index (χ4v) is 3.27. The Kier molecular flexibility index (Phi) is 5.69. The third-order valence-electron chi connectivity index (χ3n) is 1.95. The average molecular weight is 259 g/mol. The molecule has 0 radical (unpaired) electrons. The summed E-state index contributed by atoms with van der Waals surface area (Å²) in [7, 11) is -2.80. The van der Waals surface area contributed by atoms with Gasteiger partial charge in [0.25, 0.3) is 0 Å². The molecule has 0 aromatic heterocycles. The normalized spacial score (nSPS) is 11.3. The summed E-state index contributed by atoms with van der Waals surface area (Å²) < 4.78 is 21.7. The van der Waals surface area contributed by atoms with Crippen molar-refractivity contribution in [2.45, 2.75) is 0 Å². The number of hydrogen-bond donors (Lipinski definition) is 1. The van der Waals surface area contributed by atoms with Crippen molar-refractivity contribution in [2.75, 3.05) is 35.4 Å². The minimum absolute atomic E-state index is 0.267. The maximum absolute atomic E-state index is 10.9. The SMILES string of the molecule is CS(=O)(=O)CCSCCNc1ccccc1. The van der Waals surface area contributed by atoms with Crippen LogP contribution in [-0.2, 0) is 9.84 Å². The van der Waals surface area contributed by atoms with Crippen LogP contribution < -0.4 is 5.32 Å². The number of rotatable bonds is 7. The lowest BCUT2D eigenvalue weighted by molar-refractivity contribution is 0.603. The first-order valence-corrected chi connectivity index (χ1v) is 8.34. The topological polar surface area (TPSA) is 46.2 Å². The van der Waals surface area contributed by atoms with Gasteiger partial charge in [-0.1, -0.05) is 18.2 Å². The Hall–Kier alpha value is -0.680. The molecule has 0 saturated heterocycles. The Labute approximate surface area is 102 Å². The molecule has 16 heavy (non-hydrogen) atoms. The van der Waals surface area contributed by atoms with Crippen LogP contribution in [0.3, 0.4) is 0 Å². The van der Waals surface area contributed by atoms with E-state index in [0.717, 1.165) is 18.0 Å². The van der Waals surface area contributed by atoms with Crippen LogP contribution in [0, 0.1) is 0 Å². The molecule has 3 nitrogen and oxygen atoms in total. The fourth-order valence-electron chi connectivity index (χ4n) is 1.14. The Morgan fingerprint density at radius 3 is 2.50 bits per heavy atom. The zero-order valence-corrected chi connectivity index (χ0v) is 11.0. The largest absolute Gasteiger partial charge is 0.384 e. The van der Waals surface area contributed by atoms with Gasteiger partial charge in [-0.05, 0) is 12.1 Å². The molecule has 0 aliphatic rings. The van der Waals surface area contributed by atoms with Gasteiger partial charge >= 0.3 is 0 Å². The van der Waals surface area contributed by atoms with E-state index in [4.69, 9.17) is 0 Å². The van der Waals surface area contributed by atoms with Crippen molar-refractivity contribution in [3.63, 3.8) is 0 Å². The Morgan fingerprint density at radius 1 is 1.19 bits per heavy atom. The minimum Gasteiger partial charge on any atom is -0.384 e. The second-order valence-electron chi connectivity index (χ2n) is 3.54. The Bertz CT molecular complexity index is 390. The number of hydrogen-bond acceptors (Lipinski definition) is 4. The second-order valence-corrected chi connectivity index (χ2v) is 7.02. The molecule has 0 atom stereocenters. The maximum atomic E-state index is 10.9. The highest BCUT2D eigenvalue weighted by Crippen LogP contribution is 2.06. The third-order valence-corrected chi connectivity index (χ3v) is 4.14. The van der Waals surface area contributed by atoms with Gasteiger partial charge in [-0.3, -0.25) is 0 Å². The van der Waals surface area contributed by atoms with Crippen LogP contribution in [0.2, 0.25) is 0 Å². The molecule has 1 aromatic rings. The van der Waals surface area contributed by atoms with Crippen molar-refractivity contribution in [3.8, 4) is 0 Å². The molecular weight excluding hydrogens is 242 g/mol. The first kappa shape index (κ1) is 13.4. The van der Waals surface area contributed by atoms with Gasteiger partial charge in [0, 0.05) is 30.0 Å². The van der Waals surface area contributed by atoms with E-state index in [2.05, 4.69) is 5.32 Å². The van der Waals surface area contributed by atoms with Crippen LogP contribution in [0.4, 0.5) is 5.69 Å². The summed E-state index contributed by atoms with van der Waals surface area (Å²) in [6.07, 6.45) is 1.27. The zero-order chi connectivity index (χ0) is 11.9. The molecule has 1 N–H and O–H groups in total. The molecule has 0 amide bonds. The zero-order valence-electron chi connectivity index (χ0n) is 9.35. The summed E-state index contributed by atoms with van der Waals surface area (Å²) in [6, 6.07) is 9.98. The van der Waals surface area contributed by atoms with Crippen molar-refractivity contribution < 1.29 is 8.42 Å². The van der Waals surface area contributed by atoms with Crippen molar-refractivity contribution in [1.82, 2.24) is 0 Å². The van der Waals surface area contributed by atoms with Crippen LogP contribution >= 0.6 is 11.8 Å². The fraction of sp³-hybridized carbons (Fsp3) is 0.455. The molecular formula is C11H17NO2S2. The quantitative estimate of drug-likeness (QED) is 0.759. The highest BCUT2D eigenvalue weighted by Gasteiger charge is 2.00. The van der Waals surface area contributed by atoms with Gasteiger partial charge in [0.05, 0.1) is 5.75 Å². The van der Waals surface area contributed by atoms with Crippen molar-refractivity contribution in [1.29, 1.82) is 0 Å². The van der Waals surface area contributed by atoms with Crippen LogP contribution in [0.25, 0.3) is 0 Å². The summed E-state index contributed by atoms with van der Waals surface area (Å²) in [5.74, 6) is 1.86. The van der Waals surface area contributed by atoms with Crippen LogP contribution in [0.5, 0.6) is 0 Å². The monoisotopic (exact) mass is 259 g/mol. The van der Waals surface area contributed by atoms with E-state index in [1.165, 1.54) is 6.26 Å². The predicted octanol–water partition coefficient (Wildman–Crippen LogP) is 1.88. The summed E-state index contributed by atoms with van der Waals surface area (Å²) in [4.78, 5) is 0. The lowest BCUT2D eigenvalue weighted by Gasteiger charge is -2.05. The van der Waals surface area contributed by atoms with Gasteiger partial charge in [0.2, 0.25) is 0 Å². The first-order valence-electron chi connectivity index (χ1n) is 5.12. The Balaban J connectivity index is 2.05. The third kappa shape index (κ3) is 6.74. The summed E-state index contributed by atoms with van der Waals surface area (Å²) in [5, 5.41) is 3.27. The number of para-hydroxylation sites is 1. The molecule has 90 valence electrons. The van der Waals surface area contributed by atoms with Crippen molar-refractivity contribution >= 4 is 27.3 Å². The highest BCUT2D eigenvalue weighted by molar-refractivity contribution is 8.00. The van der Waals surface area contributed by atoms with E-state index in [-0.39, 0.29) is 5.75 Å². The number of anilines is 1. The minimum atomic E-state index is -2.80. The average Bonchev–Trinajstić information content (AvgIpc) is 2.23. The molecule has 0 aliphatic carbocycles. The first-order chi connectivity index (χ1) is 7.58. The van der Waals surface area contributed by atoms with E-state index in [1.54, 1.807) is 11.8 Å². The molecule has 0 fully saturated rings. The van der Waals surface area contributed by atoms with E-state index in [0.29, 0.717) is 5.75 Å². The van der Waals surface area contributed by atoms with Crippen molar-refractivity contribution in [2.24, 2.45) is 0 Å². The number of benzene rings is 1. The van der Waals surface area contributed by atoms with Gasteiger partial charge in [-0.25, -0.2) is 8.42 Å². The van der Waals surface area contributed by atoms with E-state index in [9.17, 15) is 8.42 Å². The predicted molar refractivity (Wildman–Crippen MR) is 72.0 cm³/mol. The van der Waals surface area contributed by atoms with E-state index < -0.39 is 9.84 Å². The van der Waals surface area contributed by atoms with Crippen LogP contribution in [0.15, 0.2) is 30.3 Å². The smallest absolute Gasteiger partial charge is 0.148 e. The molecule has 0 spiro atoms. The second kappa shape index (κ2) is 6.81. The summed E-state index contributed by atoms with van der Waals surface area (Å²) in [6.45, 7) is 0.860. The lowest BCUT2D eigenvalue weighted by Crippen LogP contribution is -2.08. The summed E-state index contributed by atoms with van der Waals surface area (Å²) >= 11 is 1.66. The van der Waals surface area contributed by atoms with E-state index >= 15 is 0 Å². The molecule has 5 heteroatoms. The van der Waals surface area contributed by atoms with Crippen molar-refractivity contribution in [3.05, 3.63) is 30.3 Å². The van der Waals surface area contributed by atoms with Gasteiger partial charge in [0.1, 0.15) is 9.84 Å². The number of nitrogens with one attached hydrogen (secondary N) is 1. The lowest BCUT2D eigenvalue weighted by atomic mass is 10.3. The van der Waals surface area contributed by atoms with Crippen LogP contribution in [0.1, 0.15) is 0 Å². The highest BCUT2D eigenvalue weighted by atomic mass is 32.2. The molecule has 1 aromatic carbocycles. The molecule has 0 saturated carbocycles. The van der Waals surface area contributed by atoms with Gasteiger partial charge < -0.3 is 5.32 Å². The standard InChI is InChI=1S/C11H17NO2S2/c1-16(13,14)10-9-15-8-7-12-11-5-3-2-4-6-11/h2-6,12H,7-10H2,1H3. The Morgan fingerprint density at radius 2 is 1.88 bits per heavy atom. The molecule has 1 rings (SSSR count). The van der Waals surface area contributed by atoms with Gasteiger partial charge in [-0.15, -0.1) is 0 Å². The number of thioether (sulfide) groups is 1. The number of sulfone groups is 1. The molecule has 0 aliphatic heterocycles. The van der Waals surface area contributed by atoms with E-state index in [1.807, 2.05) is 30.3 Å². The molecule has 0 heterocycles. The molecule has 0 unspecified atom stereocenters. The van der Waals surface area contributed by atoms with Gasteiger partial charge in [-0.2, -0.15) is 11.8 Å².